The van der Waals surface area contributed by atoms with E-state index in [1.54, 1.807) is 22.7 Å². The molecule has 100 valence electrons. The highest BCUT2D eigenvalue weighted by atomic mass is 32.1. The summed E-state index contributed by atoms with van der Waals surface area (Å²) in [5, 5.41) is 4.86. The Hall–Kier alpha value is -1.20. The molecular weight excluding hydrogens is 276 g/mol. The quantitative estimate of drug-likeness (QED) is 0.844. The van der Waals surface area contributed by atoms with Crippen molar-refractivity contribution < 1.29 is 4.79 Å². The number of rotatable bonds is 2. The Morgan fingerprint density at radius 1 is 1.37 bits per heavy atom. The first-order valence-corrected chi connectivity index (χ1v) is 8.28. The smallest absolute Gasteiger partial charge is 0.273 e. The van der Waals surface area contributed by atoms with Gasteiger partial charge in [-0.15, -0.1) is 22.7 Å². The van der Waals surface area contributed by atoms with Crippen LogP contribution in [0.5, 0.6) is 0 Å². The van der Waals surface area contributed by atoms with E-state index in [2.05, 4.69) is 11.9 Å². The van der Waals surface area contributed by atoms with E-state index in [-0.39, 0.29) is 5.91 Å². The molecule has 19 heavy (non-hydrogen) atoms. The lowest BCUT2D eigenvalue weighted by Crippen LogP contribution is -2.38. The number of hydrogen-bond donors (Lipinski definition) is 0. The van der Waals surface area contributed by atoms with Gasteiger partial charge in [0.25, 0.3) is 5.91 Å². The Labute approximate surface area is 120 Å². The van der Waals surface area contributed by atoms with Crippen LogP contribution in [0.1, 0.15) is 30.3 Å². The number of amides is 1. The molecule has 1 aliphatic heterocycles. The second kappa shape index (κ2) is 5.43. The van der Waals surface area contributed by atoms with Gasteiger partial charge in [-0.25, -0.2) is 4.98 Å². The monoisotopic (exact) mass is 292 g/mol. The first-order valence-electron chi connectivity index (χ1n) is 6.52. The van der Waals surface area contributed by atoms with Gasteiger partial charge < -0.3 is 4.90 Å². The average molecular weight is 292 g/mol. The zero-order chi connectivity index (χ0) is 13.2. The molecule has 1 fully saturated rings. The van der Waals surface area contributed by atoms with Crippen LogP contribution >= 0.6 is 22.7 Å². The van der Waals surface area contributed by atoms with Gasteiger partial charge in [-0.2, -0.15) is 0 Å². The van der Waals surface area contributed by atoms with Crippen LogP contribution in [0.4, 0.5) is 0 Å². The summed E-state index contributed by atoms with van der Waals surface area (Å²) in [5.41, 5.74) is 0.600. The van der Waals surface area contributed by atoms with Crippen molar-refractivity contribution in [3.63, 3.8) is 0 Å². The molecule has 5 heteroatoms. The molecule has 0 spiro atoms. The molecule has 3 rings (SSSR count). The molecule has 0 saturated carbocycles. The number of nitrogens with zero attached hydrogens (tertiary/aromatic N) is 2. The second-order valence-corrected chi connectivity index (χ2v) is 6.80. The lowest BCUT2D eigenvalue weighted by Gasteiger charge is -2.29. The van der Waals surface area contributed by atoms with E-state index in [1.165, 1.54) is 0 Å². The van der Waals surface area contributed by atoms with E-state index in [4.69, 9.17) is 0 Å². The summed E-state index contributed by atoms with van der Waals surface area (Å²) in [6.45, 7) is 3.98. The Bertz CT molecular complexity index is 554. The van der Waals surface area contributed by atoms with Crippen molar-refractivity contribution in [1.82, 2.24) is 9.88 Å². The van der Waals surface area contributed by atoms with Crippen molar-refractivity contribution >= 4 is 28.6 Å². The normalized spacial score (nSPS) is 16.8. The molecular formula is C14H16N2OS2. The molecule has 0 N–H and O–H groups in total. The molecule has 1 aliphatic rings. The Balaban J connectivity index is 1.74. The van der Waals surface area contributed by atoms with Crippen molar-refractivity contribution in [1.29, 1.82) is 0 Å². The largest absolute Gasteiger partial charge is 0.337 e. The van der Waals surface area contributed by atoms with Crippen LogP contribution in [0.15, 0.2) is 22.9 Å². The Morgan fingerprint density at radius 3 is 2.84 bits per heavy atom. The standard InChI is InChI=1S/C14H16N2OS2/c1-10-4-6-16(7-5-10)14(17)11-9-19-13(15-11)12-3-2-8-18-12/h2-3,8-10H,4-7H2,1H3. The van der Waals surface area contributed by atoms with Crippen molar-refractivity contribution in [2.24, 2.45) is 5.92 Å². The number of carbonyl (C=O) groups is 1. The summed E-state index contributed by atoms with van der Waals surface area (Å²) in [6.07, 6.45) is 2.21. The highest BCUT2D eigenvalue weighted by Crippen LogP contribution is 2.28. The predicted octanol–water partition coefficient (Wildman–Crippen LogP) is 3.74. The maximum absolute atomic E-state index is 12.4. The number of aromatic nitrogens is 1. The minimum atomic E-state index is 0.0888. The predicted molar refractivity (Wildman–Crippen MR) is 79.7 cm³/mol. The van der Waals surface area contributed by atoms with Gasteiger partial charge in [-0.1, -0.05) is 13.0 Å². The average Bonchev–Trinajstić information content (AvgIpc) is 3.10. The van der Waals surface area contributed by atoms with Crippen LogP contribution in [0.25, 0.3) is 9.88 Å². The van der Waals surface area contributed by atoms with Gasteiger partial charge in [0.1, 0.15) is 10.7 Å². The van der Waals surface area contributed by atoms with Gasteiger partial charge in [0.2, 0.25) is 0 Å². The van der Waals surface area contributed by atoms with Gasteiger partial charge >= 0.3 is 0 Å². The lowest BCUT2D eigenvalue weighted by atomic mass is 9.99. The summed E-state index contributed by atoms with van der Waals surface area (Å²) in [4.78, 5) is 19.9. The first-order chi connectivity index (χ1) is 9.24. The molecule has 0 bridgehead atoms. The highest BCUT2D eigenvalue weighted by Gasteiger charge is 2.23. The third-order valence-corrected chi connectivity index (χ3v) is 5.41. The fourth-order valence-corrected chi connectivity index (χ4v) is 3.87. The first kappa shape index (κ1) is 12.8. The van der Waals surface area contributed by atoms with Crippen LogP contribution in [-0.2, 0) is 0 Å². The fourth-order valence-electron chi connectivity index (χ4n) is 2.26. The molecule has 0 atom stereocenters. The molecule has 1 amide bonds. The van der Waals surface area contributed by atoms with Crippen molar-refractivity contribution in [2.75, 3.05) is 13.1 Å². The summed E-state index contributed by atoms with van der Waals surface area (Å²) >= 11 is 3.21. The molecule has 0 aliphatic carbocycles. The van der Waals surface area contributed by atoms with E-state index in [9.17, 15) is 4.79 Å². The molecule has 2 aromatic rings. The second-order valence-electron chi connectivity index (χ2n) is 4.99. The topological polar surface area (TPSA) is 33.2 Å². The number of piperidine rings is 1. The van der Waals surface area contributed by atoms with Gasteiger partial charge in [0.15, 0.2) is 0 Å². The summed E-state index contributed by atoms with van der Waals surface area (Å²) in [5.74, 6) is 0.826. The van der Waals surface area contributed by atoms with Crippen LogP contribution in [0, 0.1) is 5.92 Å². The van der Waals surface area contributed by atoms with E-state index in [1.807, 2.05) is 27.8 Å². The SMILES string of the molecule is CC1CCN(C(=O)c2csc(-c3cccs3)n2)CC1. The molecule has 0 radical (unpaired) electrons. The molecule has 0 aromatic carbocycles. The van der Waals surface area contributed by atoms with Gasteiger partial charge in [0.05, 0.1) is 4.88 Å². The Morgan fingerprint density at radius 2 is 2.16 bits per heavy atom. The fraction of sp³-hybridized carbons (Fsp3) is 0.429. The van der Waals surface area contributed by atoms with Crippen LogP contribution in [-0.4, -0.2) is 28.9 Å². The Kier molecular flexibility index (Phi) is 3.66. The number of thiazole rings is 1. The molecule has 3 heterocycles. The number of thiophene rings is 1. The summed E-state index contributed by atoms with van der Waals surface area (Å²) in [7, 11) is 0. The number of likely N-dealkylation sites (tertiary alicyclic amines) is 1. The maximum Gasteiger partial charge on any atom is 0.273 e. The minimum Gasteiger partial charge on any atom is -0.337 e. The van der Waals surface area contributed by atoms with E-state index < -0.39 is 0 Å². The number of hydrogen-bond acceptors (Lipinski definition) is 4. The number of carbonyl (C=O) groups excluding carboxylic acids is 1. The van der Waals surface area contributed by atoms with Crippen LogP contribution < -0.4 is 0 Å². The molecule has 3 nitrogen and oxygen atoms in total. The summed E-state index contributed by atoms with van der Waals surface area (Å²) < 4.78 is 0. The highest BCUT2D eigenvalue weighted by molar-refractivity contribution is 7.20. The minimum absolute atomic E-state index is 0.0888. The third-order valence-electron chi connectivity index (χ3n) is 3.53. The third kappa shape index (κ3) is 2.72. The van der Waals surface area contributed by atoms with Gasteiger partial charge in [-0.05, 0) is 30.2 Å². The van der Waals surface area contributed by atoms with Crippen molar-refractivity contribution in [2.45, 2.75) is 19.8 Å². The zero-order valence-corrected chi connectivity index (χ0v) is 12.5. The lowest BCUT2D eigenvalue weighted by molar-refractivity contribution is 0.0692. The maximum atomic E-state index is 12.4. The molecule has 2 aromatic heterocycles. The molecule has 1 saturated heterocycles. The van der Waals surface area contributed by atoms with Crippen LogP contribution in [0.2, 0.25) is 0 Å². The summed E-state index contributed by atoms with van der Waals surface area (Å²) in [6, 6.07) is 4.05. The van der Waals surface area contributed by atoms with Crippen LogP contribution in [0.3, 0.4) is 0 Å². The zero-order valence-electron chi connectivity index (χ0n) is 10.8. The van der Waals surface area contributed by atoms with E-state index >= 15 is 0 Å². The van der Waals surface area contributed by atoms with Gasteiger partial charge in [-0.3, -0.25) is 4.79 Å². The van der Waals surface area contributed by atoms with E-state index in [0.717, 1.165) is 41.7 Å². The molecule has 0 unspecified atom stereocenters. The van der Waals surface area contributed by atoms with E-state index in [0.29, 0.717) is 5.69 Å². The van der Waals surface area contributed by atoms with Crippen molar-refractivity contribution in [3.05, 3.63) is 28.6 Å². The van der Waals surface area contributed by atoms with Gasteiger partial charge in [0, 0.05) is 18.5 Å². The van der Waals surface area contributed by atoms with Crippen molar-refractivity contribution in [3.8, 4) is 9.88 Å².